The van der Waals surface area contributed by atoms with Crippen molar-refractivity contribution in [3.63, 3.8) is 0 Å². The maximum Gasteiger partial charge on any atom is 0.261 e. The Labute approximate surface area is 127 Å². The van der Waals surface area contributed by atoms with E-state index in [1.165, 1.54) is 24.3 Å². The van der Waals surface area contributed by atoms with Crippen LogP contribution in [0.4, 0.5) is 10.1 Å². The Bertz CT molecular complexity index is 804. The lowest BCUT2D eigenvalue weighted by molar-refractivity contribution is 0.601. The fourth-order valence-electron chi connectivity index (χ4n) is 1.69. The number of anilines is 1. The lowest BCUT2D eigenvalue weighted by atomic mass is 10.2. The van der Waals surface area contributed by atoms with Crippen molar-refractivity contribution in [1.29, 1.82) is 0 Å². The van der Waals surface area contributed by atoms with Crippen molar-refractivity contribution in [1.82, 2.24) is 0 Å². The van der Waals surface area contributed by atoms with Gasteiger partial charge in [-0.05, 0) is 36.8 Å². The van der Waals surface area contributed by atoms with Crippen molar-refractivity contribution in [3.8, 4) is 0 Å². The number of hydrogen-bond donors (Lipinski definition) is 2. The van der Waals surface area contributed by atoms with E-state index in [2.05, 4.69) is 4.72 Å². The lowest BCUT2D eigenvalue weighted by Crippen LogP contribution is -2.15. The molecule has 110 valence electrons. The molecule has 0 fully saturated rings. The van der Waals surface area contributed by atoms with Crippen molar-refractivity contribution in [2.24, 2.45) is 5.73 Å². The molecule has 2 aromatic carbocycles. The molecule has 3 N–H and O–H groups in total. The van der Waals surface area contributed by atoms with Crippen molar-refractivity contribution in [3.05, 3.63) is 59.4 Å². The molecule has 4 nitrogen and oxygen atoms in total. The summed E-state index contributed by atoms with van der Waals surface area (Å²) in [6.45, 7) is 1.60. The van der Waals surface area contributed by atoms with E-state index in [0.29, 0.717) is 11.1 Å². The van der Waals surface area contributed by atoms with Crippen molar-refractivity contribution in [2.45, 2.75) is 11.8 Å². The van der Waals surface area contributed by atoms with Crippen molar-refractivity contribution >= 4 is 32.9 Å². The Kier molecular flexibility index (Phi) is 4.24. The molecule has 0 aliphatic carbocycles. The Morgan fingerprint density at radius 2 is 1.95 bits per heavy atom. The van der Waals surface area contributed by atoms with Crippen LogP contribution in [0.2, 0.25) is 0 Å². The van der Waals surface area contributed by atoms with Gasteiger partial charge in [0.15, 0.2) is 0 Å². The van der Waals surface area contributed by atoms with E-state index in [1.54, 1.807) is 19.1 Å². The Morgan fingerprint density at radius 3 is 2.57 bits per heavy atom. The number of nitrogens with two attached hydrogens (primary N) is 1. The standard InChI is InChI=1S/C14H13FN2O2S2/c1-9-5-6-11(8-13(9)15)17-21(18,19)12-4-2-3-10(7-12)14(16)20/h2-8,17H,1H3,(H2,16,20). The summed E-state index contributed by atoms with van der Waals surface area (Å²) < 4.78 is 40.3. The predicted molar refractivity (Wildman–Crippen MR) is 84.3 cm³/mol. The van der Waals surface area contributed by atoms with E-state index in [-0.39, 0.29) is 15.6 Å². The van der Waals surface area contributed by atoms with Gasteiger partial charge in [-0.3, -0.25) is 4.72 Å². The molecule has 0 spiro atoms. The molecule has 0 saturated heterocycles. The molecule has 0 heterocycles. The lowest BCUT2D eigenvalue weighted by Gasteiger charge is -2.10. The van der Waals surface area contributed by atoms with Gasteiger partial charge in [0.25, 0.3) is 10.0 Å². The minimum atomic E-state index is -3.83. The molecule has 2 rings (SSSR count). The molecule has 0 aliphatic heterocycles. The van der Waals surface area contributed by atoms with Crippen LogP contribution in [0.15, 0.2) is 47.4 Å². The van der Waals surface area contributed by atoms with E-state index in [1.807, 2.05) is 0 Å². The van der Waals surface area contributed by atoms with Gasteiger partial charge in [0.2, 0.25) is 0 Å². The summed E-state index contributed by atoms with van der Waals surface area (Å²) in [4.78, 5) is 0.113. The highest BCUT2D eigenvalue weighted by Crippen LogP contribution is 2.19. The molecular formula is C14H13FN2O2S2. The first-order valence-corrected chi connectivity index (χ1v) is 7.87. The molecule has 0 unspecified atom stereocenters. The summed E-state index contributed by atoms with van der Waals surface area (Å²) in [7, 11) is -3.83. The molecule has 0 radical (unpaired) electrons. The van der Waals surface area contributed by atoms with Crippen LogP contribution in [0.25, 0.3) is 0 Å². The molecule has 7 heteroatoms. The van der Waals surface area contributed by atoms with Gasteiger partial charge < -0.3 is 5.73 Å². The number of halogens is 1. The smallest absolute Gasteiger partial charge is 0.261 e. The largest absolute Gasteiger partial charge is 0.389 e. The molecule has 21 heavy (non-hydrogen) atoms. The van der Waals surface area contributed by atoms with E-state index in [0.717, 1.165) is 6.07 Å². The van der Waals surface area contributed by atoms with Crippen LogP contribution in [0.3, 0.4) is 0 Å². The summed E-state index contributed by atoms with van der Waals surface area (Å²) in [6.07, 6.45) is 0. The van der Waals surface area contributed by atoms with E-state index in [4.69, 9.17) is 18.0 Å². The molecule has 2 aromatic rings. The van der Waals surface area contributed by atoms with E-state index < -0.39 is 15.8 Å². The second kappa shape index (κ2) is 5.79. The van der Waals surface area contributed by atoms with Gasteiger partial charge in [0.1, 0.15) is 10.8 Å². The van der Waals surface area contributed by atoms with Crippen LogP contribution in [-0.2, 0) is 10.0 Å². The molecule has 0 bridgehead atoms. The van der Waals surface area contributed by atoms with Crippen LogP contribution in [0.1, 0.15) is 11.1 Å². The highest BCUT2D eigenvalue weighted by Gasteiger charge is 2.15. The van der Waals surface area contributed by atoms with Crippen LogP contribution in [0, 0.1) is 12.7 Å². The number of hydrogen-bond acceptors (Lipinski definition) is 3. The first-order chi connectivity index (χ1) is 9.79. The van der Waals surface area contributed by atoms with Crippen molar-refractivity contribution < 1.29 is 12.8 Å². The fourth-order valence-corrected chi connectivity index (χ4v) is 2.91. The molecule has 0 aliphatic rings. The minimum absolute atomic E-state index is 0.00813. The number of thiocarbonyl (C=S) groups is 1. The molecule has 0 atom stereocenters. The molecule has 0 saturated carbocycles. The summed E-state index contributed by atoms with van der Waals surface area (Å²) in [5, 5.41) is 0. The van der Waals surface area contributed by atoms with Gasteiger partial charge in [-0.2, -0.15) is 0 Å². The Morgan fingerprint density at radius 1 is 1.24 bits per heavy atom. The number of aryl methyl sites for hydroxylation is 1. The molecule has 0 aromatic heterocycles. The third kappa shape index (κ3) is 3.56. The second-order valence-corrected chi connectivity index (χ2v) is 6.58. The average molecular weight is 324 g/mol. The van der Waals surface area contributed by atoms with E-state index >= 15 is 0 Å². The normalized spacial score (nSPS) is 11.1. The zero-order valence-electron chi connectivity index (χ0n) is 11.1. The fraction of sp³-hybridized carbons (Fsp3) is 0.0714. The van der Waals surface area contributed by atoms with Gasteiger partial charge in [-0.1, -0.05) is 30.4 Å². The number of rotatable bonds is 4. The maximum absolute atomic E-state index is 13.5. The summed E-state index contributed by atoms with van der Waals surface area (Å²) in [5.74, 6) is -0.480. The van der Waals surface area contributed by atoms with Gasteiger partial charge in [-0.15, -0.1) is 0 Å². The zero-order valence-corrected chi connectivity index (χ0v) is 12.8. The summed E-state index contributed by atoms with van der Waals surface area (Å²) >= 11 is 4.82. The molecule has 0 amide bonds. The van der Waals surface area contributed by atoms with Gasteiger partial charge in [0.05, 0.1) is 10.6 Å². The van der Waals surface area contributed by atoms with Crippen LogP contribution >= 0.6 is 12.2 Å². The number of sulfonamides is 1. The van der Waals surface area contributed by atoms with E-state index in [9.17, 15) is 12.8 Å². The Hall–Kier alpha value is -1.99. The minimum Gasteiger partial charge on any atom is -0.389 e. The third-order valence-electron chi connectivity index (χ3n) is 2.85. The average Bonchev–Trinajstić information content (AvgIpc) is 2.43. The van der Waals surface area contributed by atoms with Crippen LogP contribution in [0.5, 0.6) is 0 Å². The number of nitrogens with one attached hydrogen (secondary N) is 1. The topological polar surface area (TPSA) is 72.2 Å². The van der Waals surface area contributed by atoms with Crippen LogP contribution in [-0.4, -0.2) is 13.4 Å². The van der Waals surface area contributed by atoms with Gasteiger partial charge >= 0.3 is 0 Å². The first kappa shape index (κ1) is 15.4. The second-order valence-electron chi connectivity index (χ2n) is 4.46. The Balaban J connectivity index is 2.36. The van der Waals surface area contributed by atoms with Crippen LogP contribution < -0.4 is 10.5 Å². The van der Waals surface area contributed by atoms with Gasteiger partial charge in [0, 0.05) is 5.56 Å². The monoisotopic (exact) mass is 324 g/mol. The summed E-state index contributed by atoms with van der Waals surface area (Å²) in [5.41, 5.74) is 6.52. The highest BCUT2D eigenvalue weighted by atomic mass is 32.2. The van der Waals surface area contributed by atoms with Gasteiger partial charge in [-0.25, -0.2) is 12.8 Å². The summed E-state index contributed by atoms with van der Waals surface area (Å²) in [6, 6.07) is 10.1. The highest BCUT2D eigenvalue weighted by molar-refractivity contribution is 7.92. The third-order valence-corrected chi connectivity index (χ3v) is 4.47. The number of benzene rings is 2. The first-order valence-electron chi connectivity index (χ1n) is 5.98. The maximum atomic E-state index is 13.5. The molecular weight excluding hydrogens is 311 g/mol. The SMILES string of the molecule is Cc1ccc(NS(=O)(=O)c2cccc(C(N)=S)c2)cc1F. The quantitative estimate of drug-likeness (QED) is 0.848. The zero-order chi connectivity index (χ0) is 15.6. The van der Waals surface area contributed by atoms with Crippen molar-refractivity contribution in [2.75, 3.05) is 4.72 Å². The predicted octanol–water partition coefficient (Wildman–Crippen LogP) is 2.57.